The molecule has 0 aliphatic heterocycles. The number of methoxy groups -OCH3 is 1. The van der Waals surface area contributed by atoms with Crippen LogP contribution in [0.1, 0.15) is 15.9 Å². The van der Waals surface area contributed by atoms with Crippen molar-refractivity contribution < 1.29 is 17.9 Å². The third-order valence-electron chi connectivity index (χ3n) is 4.81. The molecule has 0 aliphatic rings. The van der Waals surface area contributed by atoms with Crippen molar-refractivity contribution in [2.45, 2.75) is 11.4 Å². The molecule has 1 amide bonds. The topological polar surface area (TPSA) is 66.9 Å². The summed E-state index contributed by atoms with van der Waals surface area (Å²) in [6.45, 7) is 0.337. The highest BCUT2D eigenvalue weighted by Crippen LogP contribution is 2.23. The summed E-state index contributed by atoms with van der Waals surface area (Å²) in [5, 5.41) is 0. The van der Waals surface area contributed by atoms with Gasteiger partial charge >= 0.3 is 0 Å². The van der Waals surface area contributed by atoms with Gasteiger partial charge in [-0.2, -0.15) is 0 Å². The molecular weight excluding hydrogens is 400 g/mol. The predicted octanol–water partition coefficient (Wildman–Crippen LogP) is 3.79. The normalized spacial score (nSPS) is 11.0. The van der Waals surface area contributed by atoms with Crippen LogP contribution in [0.4, 0.5) is 5.69 Å². The summed E-state index contributed by atoms with van der Waals surface area (Å²) in [4.78, 5) is 14.5. The van der Waals surface area contributed by atoms with Crippen LogP contribution in [0.25, 0.3) is 0 Å². The average Bonchev–Trinajstić information content (AvgIpc) is 2.79. The van der Waals surface area contributed by atoms with E-state index in [9.17, 15) is 13.2 Å². The van der Waals surface area contributed by atoms with E-state index in [1.807, 2.05) is 30.3 Å². The van der Waals surface area contributed by atoms with Crippen molar-refractivity contribution in [3.05, 3.63) is 90.0 Å². The second-order valence-electron chi connectivity index (χ2n) is 6.81. The van der Waals surface area contributed by atoms with Crippen molar-refractivity contribution in [1.29, 1.82) is 0 Å². The number of nitrogens with zero attached hydrogens (tertiary/aromatic N) is 2. The van der Waals surface area contributed by atoms with E-state index in [-0.39, 0.29) is 10.8 Å². The number of benzene rings is 3. The minimum atomic E-state index is -3.80. The number of carbonyl (C=O) groups excluding carboxylic acids is 1. The van der Waals surface area contributed by atoms with Crippen molar-refractivity contribution in [2.24, 2.45) is 0 Å². The van der Waals surface area contributed by atoms with Crippen LogP contribution in [0.2, 0.25) is 0 Å². The molecule has 3 aromatic rings. The van der Waals surface area contributed by atoms with Crippen molar-refractivity contribution in [1.82, 2.24) is 4.90 Å². The maximum Gasteiger partial charge on any atom is 0.264 e. The Bertz CT molecular complexity index is 1130. The number of hydrogen-bond donors (Lipinski definition) is 0. The van der Waals surface area contributed by atoms with Gasteiger partial charge in [0.25, 0.3) is 15.9 Å². The van der Waals surface area contributed by atoms with Gasteiger partial charge in [-0.1, -0.05) is 42.5 Å². The molecule has 0 spiro atoms. The lowest BCUT2D eigenvalue weighted by atomic mass is 10.1. The highest BCUT2D eigenvalue weighted by Gasteiger charge is 2.23. The number of ether oxygens (including phenoxy) is 1. The third-order valence-corrected chi connectivity index (χ3v) is 6.59. The summed E-state index contributed by atoms with van der Waals surface area (Å²) in [6.07, 6.45) is 0. The maximum atomic E-state index is 13.0. The van der Waals surface area contributed by atoms with Crippen LogP contribution in [-0.4, -0.2) is 40.4 Å². The fraction of sp³-hybridized carbons (Fsp3) is 0.174. The van der Waals surface area contributed by atoms with Crippen LogP contribution >= 0.6 is 0 Å². The third kappa shape index (κ3) is 4.46. The molecule has 0 unspecified atom stereocenters. The van der Waals surface area contributed by atoms with E-state index in [2.05, 4.69) is 0 Å². The highest BCUT2D eigenvalue weighted by molar-refractivity contribution is 7.92. The minimum Gasteiger partial charge on any atom is -0.496 e. The van der Waals surface area contributed by atoms with E-state index < -0.39 is 10.0 Å². The van der Waals surface area contributed by atoms with E-state index >= 15 is 0 Å². The lowest BCUT2D eigenvalue weighted by Crippen LogP contribution is -2.28. The maximum absolute atomic E-state index is 13.0. The van der Waals surface area contributed by atoms with Crippen molar-refractivity contribution in [3.63, 3.8) is 0 Å². The molecular formula is C23H24N2O4S. The zero-order valence-corrected chi connectivity index (χ0v) is 18.0. The SMILES string of the molecule is COc1ccccc1CN(C)C(=O)c1cccc(S(=O)(=O)N(C)c2ccccc2)c1. The molecule has 0 aromatic heterocycles. The fourth-order valence-electron chi connectivity index (χ4n) is 3.11. The Morgan fingerprint density at radius 3 is 2.27 bits per heavy atom. The molecule has 0 radical (unpaired) electrons. The highest BCUT2D eigenvalue weighted by atomic mass is 32.2. The van der Waals surface area contributed by atoms with Gasteiger partial charge in [-0.15, -0.1) is 0 Å². The van der Waals surface area contributed by atoms with Crippen LogP contribution in [0, 0.1) is 0 Å². The Balaban J connectivity index is 1.84. The van der Waals surface area contributed by atoms with E-state index in [0.717, 1.165) is 5.56 Å². The monoisotopic (exact) mass is 424 g/mol. The first kappa shape index (κ1) is 21.4. The summed E-state index contributed by atoms with van der Waals surface area (Å²) < 4.78 is 32.6. The van der Waals surface area contributed by atoms with E-state index in [1.54, 1.807) is 50.6 Å². The molecule has 3 rings (SSSR count). The molecule has 156 valence electrons. The van der Waals surface area contributed by atoms with E-state index in [0.29, 0.717) is 23.5 Å². The zero-order valence-electron chi connectivity index (χ0n) is 17.1. The standard InChI is InChI=1S/C23H24N2O4S/c1-24(17-19-10-7-8-15-22(19)29-3)23(26)18-11-9-14-21(16-18)30(27,28)25(2)20-12-5-4-6-13-20/h4-16H,17H2,1-3H3. The Hall–Kier alpha value is -3.32. The number of sulfonamides is 1. The zero-order chi connectivity index (χ0) is 21.7. The first-order chi connectivity index (χ1) is 14.3. The molecule has 7 heteroatoms. The van der Waals surface area contributed by atoms with Crippen molar-refractivity contribution in [2.75, 3.05) is 25.5 Å². The summed E-state index contributed by atoms with van der Waals surface area (Å²) in [5.41, 5.74) is 1.71. The van der Waals surface area contributed by atoms with E-state index in [4.69, 9.17) is 4.74 Å². The van der Waals surface area contributed by atoms with Gasteiger partial charge in [0, 0.05) is 31.8 Å². The van der Waals surface area contributed by atoms with Crippen molar-refractivity contribution >= 4 is 21.6 Å². The molecule has 0 N–H and O–H groups in total. The lowest BCUT2D eigenvalue weighted by Gasteiger charge is -2.21. The molecule has 0 saturated heterocycles. The minimum absolute atomic E-state index is 0.0606. The molecule has 0 bridgehead atoms. The number of rotatable bonds is 7. The average molecular weight is 425 g/mol. The van der Waals surface area contributed by atoms with Gasteiger partial charge in [-0.25, -0.2) is 8.42 Å². The second kappa shape index (κ2) is 9.00. The van der Waals surface area contributed by atoms with Gasteiger partial charge in [0.05, 0.1) is 17.7 Å². The number of carbonyl (C=O) groups is 1. The molecule has 0 aliphatic carbocycles. The van der Waals surface area contributed by atoms with Crippen LogP contribution < -0.4 is 9.04 Å². The Morgan fingerprint density at radius 2 is 1.57 bits per heavy atom. The first-order valence-corrected chi connectivity index (χ1v) is 10.8. The summed E-state index contributed by atoms with van der Waals surface area (Å²) >= 11 is 0. The molecule has 0 saturated carbocycles. The number of para-hydroxylation sites is 2. The predicted molar refractivity (Wildman–Crippen MR) is 117 cm³/mol. The lowest BCUT2D eigenvalue weighted by molar-refractivity contribution is 0.0784. The van der Waals surface area contributed by atoms with Gasteiger partial charge in [0.2, 0.25) is 0 Å². The summed E-state index contributed by atoms with van der Waals surface area (Å²) in [7, 11) is 0.947. The molecule has 0 atom stereocenters. The van der Waals surface area contributed by atoms with Gasteiger partial charge in [-0.3, -0.25) is 9.10 Å². The summed E-state index contributed by atoms with van der Waals surface area (Å²) in [6, 6.07) is 22.4. The van der Waals surface area contributed by atoms with Crippen molar-refractivity contribution in [3.8, 4) is 5.75 Å². The number of amides is 1. The van der Waals surface area contributed by atoms with Crippen LogP contribution in [0.5, 0.6) is 5.75 Å². The smallest absolute Gasteiger partial charge is 0.264 e. The fourth-order valence-corrected chi connectivity index (χ4v) is 4.35. The molecule has 0 fully saturated rings. The van der Waals surface area contributed by atoms with Crippen LogP contribution in [0.15, 0.2) is 83.8 Å². The Kier molecular flexibility index (Phi) is 6.42. The molecule has 3 aromatic carbocycles. The summed E-state index contributed by atoms with van der Waals surface area (Å²) in [5.74, 6) is 0.415. The van der Waals surface area contributed by atoms with Crippen LogP contribution in [0.3, 0.4) is 0 Å². The van der Waals surface area contributed by atoms with Gasteiger partial charge < -0.3 is 9.64 Å². The first-order valence-electron chi connectivity index (χ1n) is 9.36. The van der Waals surface area contributed by atoms with Gasteiger partial charge in [0.15, 0.2) is 0 Å². The van der Waals surface area contributed by atoms with E-state index in [1.165, 1.54) is 28.4 Å². The Morgan fingerprint density at radius 1 is 0.900 bits per heavy atom. The second-order valence-corrected chi connectivity index (χ2v) is 8.78. The molecule has 0 heterocycles. The number of hydrogen-bond acceptors (Lipinski definition) is 4. The molecule has 6 nitrogen and oxygen atoms in total. The quantitative estimate of drug-likeness (QED) is 0.579. The number of anilines is 1. The largest absolute Gasteiger partial charge is 0.496 e. The van der Waals surface area contributed by atoms with Gasteiger partial charge in [-0.05, 0) is 36.4 Å². The molecule has 30 heavy (non-hydrogen) atoms. The van der Waals surface area contributed by atoms with Crippen LogP contribution in [-0.2, 0) is 16.6 Å². The Labute approximate surface area is 177 Å². The van der Waals surface area contributed by atoms with Gasteiger partial charge in [0.1, 0.15) is 5.75 Å².